The lowest BCUT2D eigenvalue weighted by Gasteiger charge is -2.11. The third-order valence-corrected chi connectivity index (χ3v) is 3.70. The molecule has 0 aliphatic carbocycles. The number of carbonyl (C=O) groups is 1. The number of nitrogen functional groups attached to an aromatic ring is 1. The van der Waals surface area contributed by atoms with Gasteiger partial charge < -0.3 is 15.8 Å². The highest BCUT2D eigenvalue weighted by atomic mass is 32.1. The minimum Gasteiger partial charge on any atom is -0.465 e. The van der Waals surface area contributed by atoms with Gasteiger partial charge in [0.15, 0.2) is 0 Å². The molecular weight excluding hydrogens is 274 g/mol. The van der Waals surface area contributed by atoms with Crippen molar-refractivity contribution in [2.24, 2.45) is 0 Å². The van der Waals surface area contributed by atoms with E-state index < -0.39 is 5.97 Å². The molecule has 1 aromatic heterocycles. The van der Waals surface area contributed by atoms with Gasteiger partial charge in [-0.3, -0.25) is 0 Å². The largest absolute Gasteiger partial charge is 0.465 e. The number of ether oxygens (including phenoxy) is 1. The van der Waals surface area contributed by atoms with Gasteiger partial charge in [-0.05, 0) is 19.1 Å². The van der Waals surface area contributed by atoms with Crippen molar-refractivity contribution in [3.63, 3.8) is 0 Å². The fourth-order valence-electron chi connectivity index (χ4n) is 1.86. The first-order valence-corrected chi connectivity index (χ1v) is 7.11. The molecule has 2 rings (SSSR count). The number of thiazole rings is 1. The molecule has 0 spiro atoms. The zero-order valence-electron chi connectivity index (χ0n) is 11.5. The van der Waals surface area contributed by atoms with E-state index in [9.17, 15) is 4.79 Å². The minimum atomic E-state index is -0.429. The van der Waals surface area contributed by atoms with E-state index >= 15 is 0 Å². The number of nitrogens with zero attached hydrogens (tertiary/aromatic N) is 1. The Morgan fingerprint density at radius 1 is 1.50 bits per heavy atom. The number of esters is 1. The summed E-state index contributed by atoms with van der Waals surface area (Å²) in [6.45, 7) is 2.69. The van der Waals surface area contributed by atoms with Crippen molar-refractivity contribution in [3.8, 4) is 0 Å². The highest BCUT2D eigenvalue weighted by Crippen LogP contribution is 2.23. The van der Waals surface area contributed by atoms with Crippen LogP contribution in [-0.2, 0) is 11.2 Å². The standard InChI is InChI=1S/C14H17N3O2S/c1-9-17-10(8-20-9)6-7-16-12-5-3-4-11(13(12)15)14(18)19-2/h3-5,8,16H,6-7,15H2,1-2H3. The van der Waals surface area contributed by atoms with Crippen molar-refractivity contribution in [3.05, 3.63) is 39.8 Å². The number of methoxy groups -OCH3 is 1. The molecule has 0 saturated carbocycles. The average Bonchev–Trinajstić information content (AvgIpc) is 2.85. The maximum absolute atomic E-state index is 11.5. The number of carbonyl (C=O) groups excluding carboxylic acids is 1. The maximum Gasteiger partial charge on any atom is 0.340 e. The molecule has 6 heteroatoms. The number of hydrogen-bond donors (Lipinski definition) is 2. The third kappa shape index (κ3) is 3.27. The number of anilines is 2. The molecule has 0 unspecified atom stereocenters. The quantitative estimate of drug-likeness (QED) is 0.653. The lowest BCUT2D eigenvalue weighted by atomic mass is 10.1. The summed E-state index contributed by atoms with van der Waals surface area (Å²) in [5.41, 5.74) is 8.55. The van der Waals surface area contributed by atoms with Crippen LogP contribution in [0.2, 0.25) is 0 Å². The minimum absolute atomic E-state index is 0.377. The van der Waals surface area contributed by atoms with Crippen LogP contribution in [0.1, 0.15) is 21.1 Å². The number of aromatic nitrogens is 1. The van der Waals surface area contributed by atoms with Crippen LogP contribution < -0.4 is 11.1 Å². The summed E-state index contributed by atoms with van der Waals surface area (Å²) in [7, 11) is 1.34. The van der Waals surface area contributed by atoms with Gasteiger partial charge in [0.25, 0.3) is 0 Å². The number of aryl methyl sites for hydroxylation is 1. The number of para-hydroxylation sites is 1. The molecule has 0 bridgehead atoms. The van der Waals surface area contributed by atoms with Crippen LogP contribution in [0.4, 0.5) is 11.4 Å². The summed E-state index contributed by atoms with van der Waals surface area (Å²) < 4.78 is 4.69. The normalized spacial score (nSPS) is 10.3. The number of rotatable bonds is 5. The second-order valence-electron chi connectivity index (χ2n) is 4.29. The van der Waals surface area contributed by atoms with Gasteiger partial charge in [0.2, 0.25) is 0 Å². The molecular formula is C14H17N3O2S. The predicted molar refractivity (Wildman–Crippen MR) is 81.2 cm³/mol. The molecule has 0 aliphatic heterocycles. The summed E-state index contributed by atoms with van der Waals surface area (Å²) in [5, 5.41) is 6.33. The van der Waals surface area contributed by atoms with E-state index in [1.54, 1.807) is 23.5 Å². The Morgan fingerprint density at radius 3 is 2.95 bits per heavy atom. The first-order chi connectivity index (χ1) is 9.61. The fraction of sp³-hybridized carbons (Fsp3) is 0.286. The van der Waals surface area contributed by atoms with Crippen molar-refractivity contribution in [2.45, 2.75) is 13.3 Å². The first-order valence-electron chi connectivity index (χ1n) is 6.23. The molecule has 5 nitrogen and oxygen atoms in total. The SMILES string of the molecule is COC(=O)c1cccc(NCCc2csc(C)n2)c1N. The summed E-state index contributed by atoms with van der Waals surface area (Å²) in [5.74, 6) is -0.429. The molecule has 1 aromatic carbocycles. The molecule has 0 fully saturated rings. The second kappa shape index (κ2) is 6.38. The van der Waals surface area contributed by atoms with E-state index in [0.29, 0.717) is 17.8 Å². The van der Waals surface area contributed by atoms with Gasteiger partial charge in [0.05, 0.1) is 34.7 Å². The molecule has 0 atom stereocenters. The summed E-state index contributed by atoms with van der Waals surface area (Å²) in [6.07, 6.45) is 0.812. The van der Waals surface area contributed by atoms with Crippen molar-refractivity contribution in [1.82, 2.24) is 4.98 Å². The summed E-state index contributed by atoms with van der Waals surface area (Å²) in [6, 6.07) is 5.27. The molecule has 0 saturated heterocycles. The van der Waals surface area contributed by atoms with Crippen LogP contribution >= 0.6 is 11.3 Å². The number of hydrogen-bond acceptors (Lipinski definition) is 6. The average molecular weight is 291 g/mol. The topological polar surface area (TPSA) is 77.2 Å². The lowest BCUT2D eigenvalue weighted by Crippen LogP contribution is -2.11. The highest BCUT2D eigenvalue weighted by Gasteiger charge is 2.12. The Kier molecular flexibility index (Phi) is 4.57. The van der Waals surface area contributed by atoms with E-state index in [1.807, 2.05) is 18.4 Å². The van der Waals surface area contributed by atoms with Gasteiger partial charge in [0, 0.05) is 18.3 Å². The monoisotopic (exact) mass is 291 g/mol. The van der Waals surface area contributed by atoms with Gasteiger partial charge >= 0.3 is 5.97 Å². The number of nitrogens with two attached hydrogens (primary N) is 1. The fourth-order valence-corrected chi connectivity index (χ4v) is 2.50. The van der Waals surface area contributed by atoms with Crippen molar-refractivity contribution in [2.75, 3.05) is 24.7 Å². The molecule has 0 amide bonds. The van der Waals surface area contributed by atoms with Crippen LogP contribution in [0.15, 0.2) is 23.6 Å². The zero-order valence-corrected chi connectivity index (χ0v) is 12.3. The van der Waals surface area contributed by atoms with Gasteiger partial charge in [-0.2, -0.15) is 0 Å². The first kappa shape index (κ1) is 14.3. The third-order valence-electron chi connectivity index (χ3n) is 2.87. The van der Waals surface area contributed by atoms with Crippen LogP contribution in [0, 0.1) is 6.92 Å². The van der Waals surface area contributed by atoms with Crippen LogP contribution in [-0.4, -0.2) is 24.6 Å². The van der Waals surface area contributed by atoms with Crippen LogP contribution in [0.3, 0.4) is 0 Å². The Hall–Kier alpha value is -2.08. The van der Waals surface area contributed by atoms with Gasteiger partial charge in [-0.15, -0.1) is 11.3 Å². The maximum atomic E-state index is 11.5. The van der Waals surface area contributed by atoms with E-state index in [1.165, 1.54) is 7.11 Å². The molecule has 20 heavy (non-hydrogen) atoms. The van der Waals surface area contributed by atoms with E-state index in [0.717, 1.165) is 22.8 Å². The van der Waals surface area contributed by atoms with Crippen molar-refractivity contribution in [1.29, 1.82) is 0 Å². The molecule has 2 aromatic rings. The number of nitrogens with one attached hydrogen (secondary N) is 1. The molecule has 106 valence electrons. The lowest BCUT2D eigenvalue weighted by molar-refractivity contribution is 0.0602. The Labute approximate surface area is 121 Å². The van der Waals surface area contributed by atoms with Crippen molar-refractivity contribution < 1.29 is 9.53 Å². The molecule has 1 heterocycles. The van der Waals surface area contributed by atoms with E-state index in [2.05, 4.69) is 10.3 Å². The van der Waals surface area contributed by atoms with Crippen molar-refractivity contribution >= 4 is 28.7 Å². The summed E-state index contributed by atoms with van der Waals surface area (Å²) in [4.78, 5) is 15.9. The van der Waals surface area contributed by atoms with Gasteiger partial charge in [-0.1, -0.05) is 6.07 Å². The highest BCUT2D eigenvalue weighted by molar-refractivity contribution is 7.09. The van der Waals surface area contributed by atoms with Crippen LogP contribution in [0.25, 0.3) is 0 Å². The van der Waals surface area contributed by atoms with Gasteiger partial charge in [-0.25, -0.2) is 9.78 Å². The molecule has 3 N–H and O–H groups in total. The predicted octanol–water partition coefficient (Wildman–Crippen LogP) is 2.47. The smallest absolute Gasteiger partial charge is 0.340 e. The Balaban J connectivity index is 2.01. The Bertz CT molecular complexity index is 610. The Morgan fingerprint density at radius 2 is 2.30 bits per heavy atom. The van der Waals surface area contributed by atoms with E-state index in [4.69, 9.17) is 10.5 Å². The summed E-state index contributed by atoms with van der Waals surface area (Å²) >= 11 is 1.64. The molecule has 0 aliphatic rings. The second-order valence-corrected chi connectivity index (χ2v) is 5.36. The van der Waals surface area contributed by atoms with Gasteiger partial charge in [0.1, 0.15) is 0 Å². The zero-order chi connectivity index (χ0) is 14.5. The van der Waals surface area contributed by atoms with Crippen LogP contribution in [0.5, 0.6) is 0 Å². The number of benzene rings is 1. The van der Waals surface area contributed by atoms with E-state index in [-0.39, 0.29) is 0 Å². The molecule has 0 radical (unpaired) electrons.